The van der Waals surface area contributed by atoms with Crippen molar-refractivity contribution in [2.75, 3.05) is 7.05 Å². The van der Waals surface area contributed by atoms with E-state index in [1.165, 1.54) is 22.7 Å². The van der Waals surface area contributed by atoms with Crippen molar-refractivity contribution in [3.63, 3.8) is 0 Å². The fraction of sp³-hybridized carbons (Fsp3) is 0.462. The summed E-state index contributed by atoms with van der Waals surface area (Å²) in [6.45, 7) is 6.13. The molecule has 0 aromatic carbocycles. The van der Waals surface area contributed by atoms with Crippen LogP contribution >= 0.6 is 22.7 Å². The molecule has 8 heteroatoms. The van der Waals surface area contributed by atoms with Crippen LogP contribution in [0.25, 0.3) is 0 Å². The zero-order chi connectivity index (χ0) is 15.6. The lowest BCUT2D eigenvalue weighted by Crippen LogP contribution is -2.28. The number of nitrogens with one attached hydrogen (secondary N) is 2. The summed E-state index contributed by atoms with van der Waals surface area (Å²) in [5.74, 6) is 0. The molecule has 0 radical (unpaired) electrons. The Morgan fingerprint density at radius 1 is 1.38 bits per heavy atom. The molecule has 0 saturated carbocycles. The van der Waals surface area contributed by atoms with Crippen molar-refractivity contribution in [3.8, 4) is 0 Å². The number of hydrogen-bond acceptors (Lipinski definition) is 6. The predicted molar refractivity (Wildman–Crippen MR) is 87.4 cm³/mol. The summed E-state index contributed by atoms with van der Waals surface area (Å²) in [7, 11) is -1.75. The largest absolute Gasteiger partial charge is 0.315 e. The second-order valence-electron chi connectivity index (χ2n) is 4.85. The second kappa shape index (κ2) is 6.53. The zero-order valence-corrected chi connectivity index (χ0v) is 14.9. The summed E-state index contributed by atoms with van der Waals surface area (Å²) in [4.78, 5) is 6.53. The van der Waals surface area contributed by atoms with E-state index < -0.39 is 10.0 Å². The normalized spacial score (nSPS) is 13.5. The first kappa shape index (κ1) is 16.6. The van der Waals surface area contributed by atoms with Crippen molar-refractivity contribution >= 4 is 32.7 Å². The van der Waals surface area contributed by atoms with Crippen LogP contribution in [0.2, 0.25) is 0 Å². The average molecular weight is 346 g/mol. The molecule has 2 aromatic rings. The lowest BCUT2D eigenvalue weighted by atomic mass is 10.3. The van der Waals surface area contributed by atoms with Crippen molar-refractivity contribution in [1.29, 1.82) is 0 Å². The number of thiazole rings is 1. The van der Waals surface area contributed by atoms with Gasteiger partial charge in [0.1, 0.15) is 9.90 Å². The van der Waals surface area contributed by atoms with E-state index in [2.05, 4.69) is 15.0 Å². The van der Waals surface area contributed by atoms with Gasteiger partial charge in [-0.15, -0.1) is 22.7 Å². The lowest BCUT2D eigenvalue weighted by molar-refractivity contribution is 0.564. The smallest absolute Gasteiger partial charge is 0.242 e. The minimum atomic E-state index is -3.55. The van der Waals surface area contributed by atoms with Gasteiger partial charge in [-0.1, -0.05) is 0 Å². The number of hydrogen-bond donors (Lipinski definition) is 2. The van der Waals surface area contributed by atoms with E-state index in [0.717, 1.165) is 20.3 Å². The molecule has 0 aliphatic rings. The minimum absolute atomic E-state index is 0.338. The number of thiophene rings is 1. The van der Waals surface area contributed by atoms with Gasteiger partial charge in [0.25, 0.3) is 0 Å². The Hall–Kier alpha value is -0.800. The lowest BCUT2D eigenvalue weighted by Gasteiger charge is -2.13. The Bertz CT molecular complexity index is 719. The molecule has 2 rings (SSSR count). The van der Waals surface area contributed by atoms with Crippen LogP contribution < -0.4 is 10.0 Å². The molecular weight excluding hydrogens is 326 g/mol. The monoisotopic (exact) mass is 345 g/mol. The molecular formula is C13H19N3O2S3. The molecule has 2 heterocycles. The van der Waals surface area contributed by atoms with Crippen molar-refractivity contribution in [2.45, 2.75) is 38.3 Å². The highest BCUT2D eigenvalue weighted by Crippen LogP contribution is 2.28. The third-order valence-electron chi connectivity index (χ3n) is 2.94. The van der Waals surface area contributed by atoms with Gasteiger partial charge in [0, 0.05) is 22.5 Å². The summed E-state index contributed by atoms with van der Waals surface area (Å²) in [5.41, 5.74) is 0.778. The van der Waals surface area contributed by atoms with Gasteiger partial charge in [-0.2, -0.15) is 0 Å². The van der Waals surface area contributed by atoms with E-state index in [1.54, 1.807) is 13.2 Å². The van der Waals surface area contributed by atoms with Crippen LogP contribution in [-0.2, 0) is 16.6 Å². The Balaban J connectivity index is 2.28. The highest BCUT2D eigenvalue weighted by molar-refractivity contribution is 7.89. The maximum atomic E-state index is 12.6. The van der Waals surface area contributed by atoms with Crippen LogP contribution in [0.1, 0.15) is 33.3 Å². The molecule has 2 aromatic heterocycles. The van der Waals surface area contributed by atoms with Crippen LogP contribution in [0.15, 0.2) is 16.5 Å². The molecule has 0 fully saturated rings. The van der Waals surface area contributed by atoms with Crippen LogP contribution in [0.4, 0.5) is 0 Å². The first-order chi connectivity index (χ1) is 9.85. The summed E-state index contributed by atoms with van der Waals surface area (Å²) < 4.78 is 28.0. The molecule has 21 heavy (non-hydrogen) atoms. The summed E-state index contributed by atoms with van der Waals surface area (Å²) >= 11 is 2.96. The van der Waals surface area contributed by atoms with E-state index in [4.69, 9.17) is 0 Å². The van der Waals surface area contributed by atoms with Gasteiger partial charge >= 0.3 is 0 Å². The third-order valence-corrected chi connectivity index (χ3v) is 7.04. The van der Waals surface area contributed by atoms with E-state index >= 15 is 0 Å². The Morgan fingerprint density at radius 2 is 2.10 bits per heavy atom. The third kappa shape index (κ3) is 3.70. The van der Waals surface area contributed by atoms with Gasteiger partial charge in [0.15, 0.2) is 0 Å². The zero-order valence-electron chi connectivity index (χ0n) is 12.4. The van der Waals surface area contributed by atoms with Crippen LogP contribution in [0, 0.1) is 13.8 Å². The summed E-state index contributed by atoms with van der Waals surface area (Å²) in [5, 5.41) is 5.66. The highest BCUT2D eigenvalue weighted by Gasteiger charge is 2.25. The molecule has 0 amide bonds. The van der Waals surface area contributed by atoms with Gasteiger partial charge in [-0.3, -0.25) is 0 Å². The van der Waals surface area contributed by atoms with E-state index in [-0.39, 0.29) is 6.04 Å². The molecule has 116 valence electrons. The number of nitrogens with zero attached hydrogens (tertiary/aromatic N) is 1. The van der Waals surface area contributed by atoms with E-state index in [9.17, 15) is 8.42 Å². The highest BCUT2D eigenvalue weighted by atomic mass is 32.2. The molecule has 0 aliphatic heterocycles. The molecule has 5 nitrogen and oxygen atoms in total. The number of sulfonamides is 1. The van der Waals surface area contributed by atoms with Gasteiger partial charge < -0.3 is 5.32 Å². The quantitative estimate of drug-likeness (QED) is 0.844. The van der Waals surface area contributed by atoms with Gasteiger partial charge in [-0.05, 0) is 38.8 Å². The first-order valence-corrected chi connectivity index (χ1v) is 9.69. The first-order valence-electron chi connectivity index (χ1n) is 6.51. The maximum absolute atomic E-state index is 12.6. The van der Waals surface area contributed by atoms with E-state index in [1.807, 2.05) is 26.2 Å². The molecule has 0 spiro atoms. The standard InChI is InChI=1S/C13H19N3O2S3/c1-8-7-19-11(6-14-4)12(8)21(17,18)16-10(3)13-15-5-9(2)20-13/h5,7,10,14,16H,6H2,1-4H3. The summed E-state index contributed by atoms with van der Waals surface area (Å²) in [6, 6.07) is -0.338. The number of aryl methyl sites for hydroxylation is 2. The molecule has 2 N–H and O–H groups in total. The fourth-order valence-electron chi connectivity index (χ4n) is 2.05. The molecule has 0 aliphatic carbocycles. The van der Waals surface area contributed by atoms with Gasteiger partial charge in [-0.25, -0.2) is 18.1 Å². The molecule has 0 saturated heterocycles. The fourth-order valence-corrected chi connectivity index (χ4v) is 5.93. The van der Waals surface area contributed by atoms with E-state index in [0.29, 0.717) is 11.4 Å². The Labute approximate surface area is 133 Å². The minimum Gasteiger partial charge on any atom is -0.315 e. The molecule has 0 bridgehead atoms. The number of aromatic nitrogens is 1. The molecule has 1 atom stereocenters. The summed E-state index contributed by atoms with van der Waals surface area (Å²) in [6.07, 6.45) is 1.76. The second-order valence-corrected chi connectivity index (χ2v) is 8.73. The predicted octanol–water partition coefficient (Wildman–Crippen LogP) is 2.58. The van der Waals surface area contributed by atoms with Gasteiger partial charge in [0.2, 0.25) is 10.0 Å². The Kier molecular flexibility index (Phi) is 5.15. The van der Waals surface area contributed by atoms with Crippen LogP contribution in [0.3, 0.4) is 0 Å². The topological polar surface area (TPSA) is 71.1 Å². The SMILES string of the molecule is CNCc1scc(C)c1S(=O)(=O)NC(C)c1ncc(C)s1. The van der Waals surface area contributed by atoms with Crippen LogP contribution in [-0.4, -0.2) is 20.4 Å². The van der Waals surface area contributed by atoms with Crippen molar-refractivity contribution < 1.29 is 8.42 Å². The maximum Gasteiger partial charge on any atom is 0.242 e. The Morgan fingerprint density at radius 3 is 2.67 bits per heavy atom. The van der Waals surface area contributed by atoms with Crippen molar-refractivity contribution in [1.82, 2.24) is 15.0 Å². The van der Waals surface area contributed by atoms with Gasteiger partial charge in [0.05, 0.1) is 6.04 Å². The van der Waals surface area contributed by atoms with Crippen molar-refractivity contribution in [3.05, 3.63) is 31.9 Å². The average Bonchev–Trinajstić information content (AvgIpc) is 2.96. The van der Waals surface area contributed by atoms with Crippen LogP contribution in [0.5, 0.6) is 0 Å². The molecule has 1 unspecified atom stereocenters. The number of rotatable bonds is 6. The van der Waals surface area contributed by atoms with Crippen molar-refractivity contribution in [2.24, 2.45) is 0 Å².